The van der Waals surface area contributed by atoms with Crippen molar-refractivity contribution < 1.29 is 28.5 Å². The minimum Gasteiger partial charge on any atom is -0.493 e. The second kappa shape index (κ2) is 5.79. The number of methoxy groups -OCH3 is 3. The molecule has 0 aliphatic carbocycles. The van der Waals surface area contributed by atoms with Crippen molar-refractivity contribution in [3.63, 3.8) is 0 Å². The first kappa shape index (κ1) is 13.5. The molecule has 2 rings (SSSR count). The molecule has 1 saturated heterocycles. The molecule has 0 aromatic heterocycles. The molecule has 1 heterocycles. The molecule has 0 saturated carbocycles. The Morgan fingerprint density at radius 3 is 2.21 bits per heavy atom. The fourth-order valence-electron chi connectivity index (χ4n) is 1.62. The van der Waals surface area contributed by atoms with Crippen LogP contribution in [0.1, 0.15) is 10.4 Å². The lowest BCUT2D eigenvalue weighted by Crippen LogP contribution is -2.10. The van der Waals surface area contributed by atoms with Gasteiger partial charge in [-0.2, -0.15) is 0 Å². The summed E-state index contributed by atoms with van der Waals surface area (Å²) in [6.45, 7) is 0.901. The van der Waals surface area contributed by atoms with Gasteiger partial charge in [-0.15, -0.1) is 0 Å². The first-order valence-electron chi connectivity index (χ1n) is 5.78. The van der Waals surface area contributed by atoms with Gasteiger partial charge in [0.2, 0.25) is 5.75 Å². The lowest BCUT2D eigenvalue weighted by molar-refractivity contribution is 0.0476. The van der Waals surface area contributed by atoms with Crippen molar-refractivity contribution in [3.8, 4) is 17.2 Å². The lowest BCUT2D eigenvalue weighted by atomic mass is 10.2. The van der Waals surface area contributed by atoms with Gasteiger partial charge in [-0.3, -0.25) is 0 Å². The number of carbonyl (C=O) groups excluding carboxylic acids is 1. The number of benzene rings is 1. The van der Waals surface area contributed by atoms with E-state index in [2.05, 4.69) is 0 Å². The predicted molar refractivity (Wildman–Crippen MR) is 66.1 cm³/mol. The van der Waals surface area contributed by atoms with E-state index in [1.54, 1.807) is 12.1 Å². The molecule has 0 N–H and O–H groups in total. The molecule has 1 aliphatic heterocycles. The third-order valence-electron chi connectivity index (χ3n) is 2.70. The average Bonchev–Trinajstić information content (AvgIpc) is 3.27. The number of esters is 1. The van der Waals surface area contributed by atoms with Crippen LogP contribution >= 0.6 is 0 Å². The number of rotatable bonds is 6. The van der Waals surface area contributed by atoms with Gasteiger partial charge < -0.3 is 23.7 Å². The van der Waals surface area contributed by atoms with Crippen LogP contribution in [0.25, 0.3) is 0 Å². The summed E-state index contributed by atoms with van der Waals surface area (Å²) in [5.41, 5.74) is 0.343. The SMILES string of the molecule is COc1cc(C(=O)OC[C@@H]2CO2)cc(OC)c1OC. The van der Waals surface area contributed by atoms with Gasteiger partial charge in [0.1, 0.15) is 12.7 Å². The molecular weight excluding hydrogens is 252 g/mol. The number of epoxide rings is 1. The maximum Gasteiger partial charge on any atom is 0.338 e. The molecule has 1 aliphatic rings. The Bertz CT molecular complexity index is 441. The molecule has 104 valence electrons. The molecular formula is C13H16O6. The quantitative estimate of drug-likeness (QED) is 0.571. The molecule has 0 bridgehead atoms. The highest BCUT2D eigenvalue weighted by molar-refractivity contribution is 5.91. The van der Waals surface area contributed by atoms with Gasteiger partial charge in [0, 0.05) is 0 Å². The third-order valence-corrected chi connectivity index (χ3v) is 2.70. The molecule has 6 nitrogen and oxygen atoms in total. The van der Waals surface area contributed by atoms with Crippen molar-refractivity contribution in [2.75, 3.05) is 34.5 Å². The molecule has 1 fully saturated rings. The van der Waals surface area contributed by atoms with Crippen LogP contribution in [-0.4, -0.2) is 46.6 Å². The lowest BCUT2D eigenvalue weighted by Gasteiger charge is -2.13. The topological polar surface area (TPSA) is 66.5 Å². The van der Waals surface area contributed by atoms with Gasteiger partial charge in [-0.05, 0) is 12.1 Å². The number of ether oxygens (including phenoxy) is 5. The van der Waals surface area contributed by atoms with Crippen molar-refractivity contribution in [1.82, 2.24) is 0 Å². The van der Waals surface area contributed by atoms with Crippen LogP contribution in [0.5, 0.6) is 17.2 Å². The summed E-state index contributed by atoms with van der Waals surface area (Å²) in [5.74, 6) is 0.815. The van der Waals surface area contributed by atoms with Crippen LogP contribution in [0.15, 0.2) is 12.1 Å². The second-order valence-corrected chi connectivity index (χ2v) is 3.97. The molecule has 1 aromatic carbocycles. The molecule has 1 atom stereocenters. The molecule has 0 unspecified atom stereocenters. The summed E-state index contributed by atoms with van der Waals surface area (Å²) in [5, 5.41) is 0. The largest absolute Gasteiger partial charge is 0.493 e. The second-order valence-electron chi connectivity index (χ2n) is 3.97. The zero-order valence-electron chi connectivity index (χ0n) is 11.1. The predicted octanol–water partition coefficient (Wildman–Crippen LogP) is 1.27. The van der Waals surface area contributed by atoms with Crippen LogP contribution in [-0.2, 0) is 9.47 Å². The number of hydrogen-bond acceptors (Lipinski definition) is 6. The van der Waals surface area contributed by atoms with Crippen LogP contribution in [0, 0.1) is 0 Å². The Labute approximate surface area is 111 Å². The summed E-state index contributed by atoms with van der Waals surface area (Å²) in [7, 11) is 4.48. The van der Waals surface area contributed by atoms with Crippen LogP contribution in [0.4, 0.5) is 0 Å². The summed E-state index contributed by atoms with van der Waals surface area (Å²) < 4.78 is 25.6. The molecule has 1 aromatic rings. The van der Waals surface area contributed by atoms with E-state index in [4.69, 9.17) is 23.7 Å². The van der Waals surface area contributed by atoms with Gasteiger partial charge in [0.25, 0.3) is 0 Å². The van der Waals surface area contributed by atoms with E-state index in [1.807, 2.05) is 0 Å². The monoisotopic (exact) mass is 268 g/mol. The molecule has 0 radical (unpaired) electrons. The van der Waals surface area contributed by atoms with E-state index >= 15 is 0 Å². The first-order valence-corrected chi connectivity index (χ1v) is 5.78. The summed E-state index contributed by atoms with van der Waals surface area (Å²) in [6, 6.07) is 3.11. The molecule has 19 heavy (non-hydrogen) atoms. The molecule has 0 spiro atoms. The summed E-state index contributed by atoms with van der Waals surface area (Å²) >= 11 is 0. The minimum atomic E-state index is -0.449. The fraction of sp³-hybridized carbons (Fsp3) is 0.462. The standard InChI is InChI=1S/C13H16O6/c1-15-10-4-8(5-11(16-2)12(10)17-3)13(14)19-7-9-6-18-9/h4-5,9H,6-7H2,1-3H3/t9-/m0/s1. The van der Waals surface area contributed by atoms with Gasteiger partial charge in [-0.25, -0.2) is 4.79 Å². The smallest absolute Gasteiger partial charge is 0.338 e. The first-order chi connectivity index (χ1) is 9.19. The fourth-order valence-corrected chi connectivity index (χ4v) is 1.62. The summed E-state index contributed by atoms with van der Waals surface area (Å²) in [4.78, 5) is 11.9. The van der Waals surface area contributed by atoms with Crippen LogP contribution < -0.4 is 14.2 Å². The Morgan fingerprint density at radius 1 is 1.21 bits per heavy atom. The third kappa shape index (κ3) is 3.08. The Balaban J connectivity index is 2.21. The van der Waals surface area contributed by atoms with Crippen LogP contribution in [0.3, 0.4) is 0 Å². The van der Waals surface area contributed by atoms with E-state index in [0.717, 1.165) is 0 Å². The average molecular weight is 268 g/mol. The molecule has 0 amide bonds. The Hall–Kier alpha value is -1.95. The van der Waals surface area contributed by atoms with Gasteiger partial charge >= 0.3 is 5.97 Å². The van der Waals surface area contributed by atoms with Gasteiger partial charge in [0.05, 0.1) is 33.5 Å². The zero-order chi connectivity index (χ0) is 13.8. The summed E-state index contributed by atoms with van der Waals surface area (Å²) in [6.07, 6.45) is 0.0333. The highest BCUT2D eigenvalue weighted by Gasteiger charge is 2.25. The van der Waals surface area contributed by atoms with Crippen molar-refractivity contribution in [2.45, 2.75) is 6.10 Å². The van der Waals surface area contributed by atoms with E-state index in [0.29, 0.717) is 29.4 Å². The Kier molecular flexibility index (Phi) is 4.11. The van der Waals surface area contributed by atoms with Crippen molar-refractivity contribution in [2.24, 2.45) is 0 Å². The Morgan fingerprint density at radius 2 is 1.79 bits per heavy atom. The van der Waals surface area contributed by atoms with E-state index in [1.165, 1.54) is 21.3 Å². The highest BCUT2D eigenvalue weighted by atomic mass is 16.6. The normalized spacial score (nSPS) is 16.7. The maximum atomic E-state index is 11.9. The van der Waals surface area contributed by atoms with Crippen molar-refractivity contribution >= 4 is 5.97 Å². The van der Waals surface area contributed by atoms with Gasteiger partial charge in [-0.1, -0.05) is 0 Å². The number of carbonyl (C=O) groups is 1. The van der Waals surface area contributed by atoms with E-state index in [-0.39, 0.29) is 12.7 Å². The number of hydrogen-bond donors (Lipinski definition) is 0. The van der Waals surface area contributed by atoms with Crippen molar-refractivity contribution in [1.29, 1.82) is 0 Å². The highest BCUT2D eigenvalue weighted by Crippen LogP contribution is 2.38. The minimum absolute atomic E-state index is 0.0333. The maximum absolute atomic E-state index is 11.9. The van der Waals surface area contributed by atoms with Crippen LogP contribution in [0.2, 0.25) is 0 Å². The van der Waals surface area contributed by atoms with Crippen molar-refractivity contribution in [3.05, 3.63) is 17.7 Å². The van der Waals surface area contributed by atoms with Gasteiger partial charge in [0.15, 0.2) is 11.5 Å². The van der Waals surface area contributed by atoms with E-state index in [9.17, 15) is 4.79 Å². The zero-order valence-corrected chi connectivity index (χ0v) is 11.1. The molecule has 6 heteroatoms. The van der Waals surface area contributed by atoms with E-state index < -0.39 is 5.97 Å².